The van der Waals surface area contributed by atoms with Gasteiger partial charge in [0.25, 0.3) is 5.91 Å². The Hall–Kier alpha value is -3.31. The summed E-state index contributed by atoms with van der Waals surface area (Å²) in [5.41, 5.74) is 4.39. The van der Waals surface area contributed by atoms with Gasteiger partial charge in [-0.3, -0.25) is 4.79 Å². The quantitative estimate of drug-likeness (QED) is 0.432. The number of rotatable bonds is 8. The van der Waals surface area contributed by atoms with E-state index >= 15 is 0 Å². The predicted molar refractivity (Wildman–Crippen MR) is 122 cm³/mol. The molecule has 2 N–H and O–H groups in total. The molecule has 1 heterocycles. The Morgan fingerprint density at radius 1 is 0.933 bits per heavy atom. The van der Waals surface area contributed by atoms with E-state index in [0.29, 0.717) is 24.4 Å². The van der Waals surface area contributed by atoms with E-state index in [1.54, 1.807) is 19.2 Å². The molecule has 5 heteroatoms. The van der Waals surface area contributed by atoms with E-state index in [9.17, 15) is 4.79 Å². The molecule has 30 heavy (non-hydrogen) atoms. The van der Waals surface area contributed by atoms with E-state index in [1.165, 1.54) is 27.4 Å². The van der Waals surface area contributed by atoms with Crippen LogP contribution in [-0.2, 0) is 13.1 Å². The first kappa shape index (κ1) is 20.0. The summed E-state index contributed by atoms with van der Waals surface area (Å²) in [7, 11) is 1.60. The number of carbonyl (C=O) groups is 1. The minimum absolute atomic E-state index is 0.0931. The zero-order valence-corrected chi connectivity index (χ0v) is 17.4. The van der Waals surface area contributed by atoms with Crippen LogP contribution in [0.15, 0.2) is 66.7 Å². The maximum Gasteiger partial charge on any atom is 0.251 e. The molecule has 3 aromatic carbocycles. The molecule has 5 nitrogen and oxygen atoms in total. The highest BCUT2D eigenvalue weighted by Crippen LogP contribution is 2.29. The number of fused-ring (bicyclic) bond motifs is 3. The lowest BCUT2D eigenvalue weighted by Gasteiger charge is -2.09. The number of carbonyl (C=O) groups excluding carboxylic acids is 1. The molecule has 4 aromatic rings. The van der Waals surface area contributed by atoms with Crippen molar-refractivity contribution in [1.82, 2.24) is 15.2 Å². The fourth-order valence-electron chi connectivity index (χ4n) is 3.91. The van der Waals surface area contributed by atoms with Gasteiger partial charge in [-0.05, 0) is 48.9 Å². The number of para-hydroxylation sites is 1. The molecule has 4 rings (SSSR count). The highest BCUT2D eigenvalue weighted by atomic mass is 16.5. The van der Waals surface area contributed by atoms with E-state index < -0.39 is 0 Å². The van der Waals surface area contributed by atoms with Gasteiger partial charge >= 0.3 is 0 Å². The molecule has 0 spiro atoms. The number of nitrogens with zero attached hydrogens (tertiary/aromatic N) is 1. The van der Waals surface area contributed by atoms with Crippen LogP contribution in [0.5, 0.6) is 5.75 Å². The van der Waals surface area contributed by atoms with Crippen molar-refractivity contribution < 1.29 is 9.53 Å². The lowest BCUT2D eigenvalue weighted by Crippen LogP contribution is -2.31. The van der Waals surface area contributed by atoms with Crippen LogP contribution in [0.2, 0.25) is 0 Å². The maximum atomic E-state index is 12.3. The summed E-state index contributed by atoms with van der Waals surface area (Å²) in [6, 6.07) is 22.4. The number of aryl methyl sites for hydroxylation is 1. The first-order valence-corrected chi connectivity index (χ1v) is 10.3. The first-order valence-electron chi connectivity index (χ1n) is 10.3. The van der Waals surface area contributed by atoms with Crippen LogP contribution >= 0.6 is 0 Å². The van der Waals surface area contributed by atoms with Crippen molar-refractivity contribution in [2.24, 2.45) is 0 Å². The summed E-state index contributed by atoms with van der Waals surface area (Å²) in [6.45, 7) is 5.16. The Labute approximate surface area is 176 Å². The van der Waals surface area contributed by atoms with Crippen LogP contribution in [0, 0.1) is 0 Å². The van der Waals surface area contributed by atoms with Gasteiger partial charge in [0, 0.05) is 53.5 Å². The smallest absolute Gasteiger partial charge is 0.251 e. The Balaban J connectivity index is 1.35. The SMILES string of the molecule is CCn1c2ccccc2c2cc(CNCCNC(=O)c3cccc(OC)c3)ccc21. The number of benzene rings is 3. The molecule has 154 valence electrons. The summed E-state index contributed by atoms with van der Waals surface area (Å²) >= 11 is 0. The zero-order valence-electron chi connectivity index (χ0n) is 17.4. The fourth-order valence-corrected chi connectivity index (χ4v) is 3.91. The zero-order chi connectivity index (χ0) is 20.9. The number of ether oxygens (including phenoxy) is 1. The molecule has 0 aliphatic rings. The van der Waals surface area contributed by atoms with Crippen LogP contribution in [0.25, 0.3) is 21.8 Å². The van der Waals surface area contributed by atoms with E-state index in [2.05, 4.69) is 64.6 Å². The molecule has 0 atom stereocenters. The second-order valence-electron chi connectivity index (χ2n) is 7.28. The van der Waals surface area contributed by atoms with E-state index in [-0.39, 0.29) is 5.91 Å². The summed E-state index contributed by atoms with van der Waals surface area (Å²) in [6.07, 6.45) is 0. The molecular formula is C25H27N3O2. The number of amides is 1. The monoisotopic (exact) mass is 401 g/mol. The van der Waals surface area contributed by atoms with Crippen molar-refractivity contribution in [3.8, 4) is 5.75 Å². The van der Waals surface area contributed by atoms with E-state index in [4.69, 9.17) is 4.74 Å². The summed E-state index contributed by atoms with van der Waals surface area (Å²) in [4.78, 5) is 12.3. The number of hydrogen-bond acceptors (Lipinski definition) is 3. The predicted octanol–water partition coefficient (Wildman–Crippen LogP) is 4.34. The van der Waals surface area contributed by atoms with Gasteiger partial charge in [0.05, 0.1) is 7.11 Å². The number of hydrogen-bond donors (Lipinski definition) is 2. The Kier molecular flexibility index (Phi) is 6.00. The van der Waals surface area contributed by atoms with E-state index in [1.807, 2.05) is 12.1 Å². The van der Waals surface area contributed by atoms with Crippen LogP contribution < -0.4 is 15.4 Å². The third-order valence-corrected chi connectivity index (χ3v) is 5.40. The van der Waals surface area contributed by atoms with Crippen LogP contribution in [-0.4, -0.2) is 30.7 Å². The molecule has 0 saturated heterocycles. The number of aromatic nitrogens is 1. The molecule has 0 fully saturated rings. The second-order valence-corrected chi connectivity index (χ2v) is 7.28. The minimum Gasteiger partial charge on any atom is -0.497 e. The number of methoxy groups -OCH3 is 1. The van der Waals surface area contributed by atoms with Gasteiger partial charge in [0.15, 0.2) is 0 Å². The molecule has 1 aromatic heterocycles. The largest absolute Gasteiger partial charge is 0.497 e. The Bertz CT molecular complexity index is 1180. The lowest BCUT2D eigenvalue weighted by atomic mass is 10.1. The van der Waals surface area contributed by atoms with Gasteiger partial charge in [-0.1, -0.05) is 30.3 Å². The summed E-state index contributed by atoms with van der Waals surface area (Å²) < 4.78 is 7.53. The van der Waals surface area contributed by atoms with Gasteiger partial charge in [-0.15, -0.1) is 0 Å². The molecule has 0 bridgehead atoms. The molecule has 1 amide bonds. The third-order valence-electron chi connectivity index (χ3n) is 5.40. The Morgan fingerprint density at radius 3 is 2.60 bits per heavy atom. The highest BCUT2D eigenvalue weighted by Gasteiger charge is 2.10. The van der Waals surface area contributed by atoms with Gasteiger partial charge < -0.3 is 19.9 Å². The normalized spacial score (nSPS) is 11.1. The van der Waals surface area contributed by atoms with Crippen LogP contribution in [0.4, 0.5) is 0 Å². The standard InChI is InChI=1S/C25H27N3O2/c1-3-28-23-10-5-4-9-21(23)22-15-18(11-12-24(22)28)17-26-13-14-27-25(29)19-7-6-8-20(16-19)30-2/h4-12,15-16,26H,3,13-14,17H2,1-2H3,(H,27,29). The molecule has 0 aliphatic carbocycles. The van der Waals surface area contributed by atoms with Crippen molar-refractivity contribution in [1.29, 1.82) is 0 Å². The fraction of sp³-hybridized carbons (Fsp3) is 0.240. The second kappa shape index (κ2) is 9.01. The summed E-state index contributed by atoms with van der Waals surface area (Å²) in [5, 5.41) is 8.94. The van der Waals surface area contributed by atoms with Crippen molar-refractivity contribution in [3.63, 3.8) is 0 Å². The first-order chi connectivity index (χ1) is 14.7. The average Bonchev–Trinajstić information content (AvgIpc) is 3.11. The van der Waals surface area contributed by atoms with Gasteiger partial charge in [-0.25, -0.2) is 0 Å². The van der Waals surface area contributed by atoms with Gasteiger partial charge in [0.2, 0.25) is 0 Å². The third kappa shape index (κ3) is 4.02. The molecule has 0 aliphatic heterocycles. The van der Waals surface area contributed by atoms with Crippen molar-refractivity contribution >= 4 is 27.7 Å². The molecule has 0 saturated carbocycles. The van der Waals surface area contributed by atoms with Gasteiger partial charge in [-0.2, -0.15) is 0 Å². The van der Waals surface area contributed by atoms with Crippen LogP contribution in [0.1, 0.15) is 22.8 Å². The molecular weight excluding hydrogens is 374 g/mol. The van der Waals surface area contributed by atoms with Gasteiger partial charge in [0.1, 0.15) is 5.75 Å². The van der Waals surface area contributed by atoms with Crippen molar-refractivity contribution in [2.75, 3.05) is 20.2 Å². The number of nitrogens with one attached hydrogen (secondary N) is 2. The van der Waals surface area contributed by atoms with E-state index in [0.717, 1.165) is 13.1 Å². The highest BCUT2D eigenvalue weighted by molar-refractivity contribution is 6.08. The minimum atomic E-state index is -0.0931. The lowest BCUT2D eigenvalue weighted by molar-refractivity contribution is 0.0953. The van der Waals surface area contributed by atoms with Crippen molar-refractivity contribution in [2.45, 2.75) is 20.0 Å². The topological polar surface area (TPSA) is 55.3 Å². The molecule has 0 unspecified atom stereocenters. The molecule has 0 radical (unpaired) electrons. The van der Waals surface area contributed by atoms with Crippen LogP contribution in [0.3, 0.4) is 0 Å². The maximum absolute atomic E-state index is 12.3. The Morgan fingerprint density at radius 2 is 1.77 bits per heavy atom. The average molecular weight is 402 g/mol. The summed E-state index contributed by atoms with van der Waals surface area (Å²) in [5.74, 6) is 0.588. The van der Waals surface area contributed by atoms with Crippen molar-refractivity contribution in [3.05, 3.63) is 77.9 Å².